The molecule has 2 aromatic rings. The van der Waals surface area contributed by atoms with Crippen molar-refractivity contribution in [3.8, 4) is 0 Å². The van der Waals surface area contributed by atoms with Gasteiger partial charge in [-0.2, -0.15) is 0 Å². The van der Waals surface area contributed by atoms with Crippen LogP contribution < -0.4 is 0 Å². The molecule has 0 saturated carbocycles. The molecule has 0 unspecified atom stereocenters. The number of benzene rings is 1. The number of ether oxygens (including phenoxy) is 1. The number of carbonyl (C=O) groups is 2. The Balaban J connectivity index is 2.41. The molecule has 0 N–H and O–H groups in total. The van der Waals surface area contributed by atoms with Crippen molar-refractivity contribution >= 4 is 11.9 Å². The van der Waals surface area contributed by atoms with Crippen LogP contribution in [0.15, 0.2) is 43.0 Å². The van der Waals surface area contributed by atoms with E-state index in [4.69, 9.17) is 4.74 Å². The zero-order valence-electron chi connectivity index (χ0n) is 15.9. The van der Waals surface area contributed by atoms with Crippen LogP contribution in [0.25, 0.3) is 0 Å². The summed E-state index contributed by atoms with van der Waals surface area (Å²) in [4.78, 5) is 27.1. The normalized spacial score (nSPS) is 10.5. The molecule has 0 aliphatic carbocycles. The van der Waals surface area contributed by atoms with Crippen LogP contribution in [-0.2, 0) is 17.8 Å². The molecule has 0 radical (unpaired) electrons. The van der Waals surface area contributed by atoms with E-state index < -0.39 is 5.97 Å². The monoisotopic (exact) mass is 354 g/mol. The van der Waals surface area contributed by atoms with Crippen LogP contribution in [0, 0.1) is 13.8 Å². The first-order chi connectivity index (χ1) is 12.4. The minimum Gasteiger partial charge on any atom is -0.461 e. The molecule has 0 spiro atoms. The van der Waals surface area contributed by atoms with Crippen LogP contribution in [0.1, 0.15) is 44.6 Å². The van der Waals surface area contributed by atoms with Crippen LogP contribution in [0.4, 0.5) is 0 Å². The molecule has 1 aromatic carbocycles. The van der Waals surface area contributed by atoms with E-state index in [-0.39, 0.29) is 12.5 Å². The van der Waals surface area contributed by atoms with Crippen molar-refractivity contribution in [3.63, 3.8) is 0 Å². The number of hydrogen-bond acceptors (Lipinski definition) is 3. The van der Waals surface area contributed by atoms with E-state index in [1.54, 1.807) is 36.4 Å². The SMILES string of the molecule is C=CCn1c(C)c(C(=O)N(C)Cc2ccccc2)c(C)c1C(=O)OCC. The lowest BCUT2D eigenvalue weighted by molar-refractivity contribution is 0.0513. The van der Waals surface area contributed by atoms with Gasteiger partial charge in [-0.05, 0) is 31.9 Å². The third-order valence-electron chi connectivity index (χ3n) is 4.37. The second-order valence-electron chi connectivity index (χ2n) is 6.20. The Hall–Kier alpha value is -2.82. The standard InChI is InChI=1S/C21H26N2O3/c1-6-13-23-16(4)18(15(3)19(23)21(25)26-7-2)20(24)22(5)14-17-11-9-8-10-12-17/h6,8-12H,1,7,13-14H2,2-5H3. The van der Waals surface area contributed by atoms with Crippen molar-refractivity contribution in [2.24, 2.45) is 0 Å². The fourth-order valence-electron chi connectivity index (χ4n) is 3.15. The Bertz CT molecular complexity index is 806. The Morgan fingerprint density at radius 1 is 1.23 bits per heavy atom. The Labute approximate surface area is 154 Å². The van der Waals surface area contributed by atoms with Crippen LogP contribution in [-0.4, -0.2) is 35.0 Å². The van der Waals surface area contributed by atoms with Crippen molar-refractivity contribution in [3.05, 3.63) is 71.1 Å². The fraction of sp³-hybridized carbons (Fsp3) is 0.333. The zero-order valence-corrected chi connectivity index (χ0v) is 15.9. The number of allylic oxidation sites excluding steroid dienone is 1. The number of aromatic nitrogens is 1. The van der Waals surface area contributed by atoms with Gasteiger partial charge in [-0.15, -0.1) is 6.58 Å². The van der Waals surface area contributed by atoms with E-state index in [9.17, 15) is 9.59 Å². The molecule has 0 atom stereocenters. The first-order valence-electron chi connectivity index (χ1n) is 8.69. The lowest BCUT2D eigenvalue weighted by Crippen LogP contribution is -2.27. The Morgan fingerprint density at radius 3 is 2.46 bits per heavy atom. The molecule has 0 aliphatic heterocycles. The maximum Gasteiger partial charge on any atom is 0.355 e. The Morgan fingerprint density at radius 2 is 1.88 bits per heavy atom. The second-order valence-corrected chi connectivity index (χ2v) is 6.20. The second kappa shape index (κ2) is 8.52. The average Bonchev–Trinajstić information content (AvgIpc) is 2.86. The van der Waals surface area contributed by atoms with E-state index in [2.05, 4.69) is 6.58 Å². The summed E-state index contributed by atoms with van der Waals surface area (Å²) < 4.78 is 6.98. The van der Waals surface area contributed by atoms with Gasteiger partial charge in [0.15, 0.2) is 0 Å². The maximum atomic E-state index is 13.1. The van der Waals surface area contributed by atoms with Gasteiger partial charge in [-0.3, -0.25) is 4.79 Å². The summed E-state index contributed by atoms with van der Waals surface area (Å²) in [5.74, 6) is -0.531. The summed E-state index contributed by atoms with van der Waals surface area (Å²) in [7, 11) is 1.77. The van der Waals surface area contributed by atoms with Crippen molar-refractivity contribution in [1.29, 1.82) is 0 Å². The molecule has 1 amide bonds. The van der Waals surface area contributed by atoms with Crippen LogP contribution >= 0.6 is 0 Å². The van der Waals surface area contributed by atoms with E-state index in [0.717, 1.165) is 11.3 Å². The highest BCUT2D eigenvalue weighted by Crippen LogP contribution is 2.25. The third kappa shape index (κ3) is 3.87. The molecule has 0 saturated heterocycles. The van der Waals surface area contributed by atoms with E-state index in [1.807, 2.05) is 37.3 Å². The molecule has 1 heterocycles. The lowest BCUT2D eigenvalue weighted by Gasteiger charge is -2.18. The first-order valence-corrected chi connectivity index (χ1v) is 8.69. The molecule has 2 rings (SSSR count). The summed E-state index contributed by atoms with van der Waals surface area (Å²) in [6, 6.07) is 9.81. The third-order valence-corrected chi connectivity index (χ3v) is 4.37. The van der Waals surface area contributed by atoms with E-state index >= 15 is 0 Å². The molecule has 0 aliphatic rings. The van der Waals surface area contributed by atoms with Gasteiger partial charge in [0, 0.05) is 25.8 Å². The van der Waals surface area contributed by atoms with Gasteiger partial charge in [-0.1, -0.05) is 36.4 Å². The molecule has 1 aromatic heterocycles. The fourth-order valence-corrected chi connectivity index (χ4v) is 3.15. The highest BCUT2D eigenvalue weighted by Gasteiger charge is 2.28. The predicted octanol–water partition coefficient (Wildman–Crippen LogP) is 3.74. The molecule has 0 fully saturated rings. The highest BCUT2D eigenvalue weighted by atomic mass is 16.5. The number of hydrogen-bond donors (Lipinski definition) is 0. The van der Waals surface area contributed by atoms with Gasteiger partial charge in [0.2, 0.25) is 0 Å². The van der Waals surface area contributed by atoms with Crippen LogP contribution in [0.3, 0.4) is 0 Å². The number of carbonyl (C=O) groups excluding carboxylic acids is 2. The number of esters is 1. The van der Waals surface area contributed by atoms with Crippen LogP contribution in [0.2, 0.25) is 0 Å². The molecule has 5 nitrogen and oxygen atoms in total. The van der Waals surface area contributed by atoms with Gasteiger partial charge in [0.05, 0.1) is 12.2 Å². The quantitative estimate of drug-likeness (QED) is 0.562. The molecule has 138 valence electrons. The van der Waals surface area contributed by atoms with Gasteiger partial charge in [0.1, 0.15) is 5.69 Å². The summed E-state index contributed by atoms with van der Waals surface area (Å²) in [6.07, 6.45) is 1.71. The minimum atomic E-state index is -0.417. The Kier molecular flexibility index (Phi) is 6.39. The average molecular weight is 354 g/mol. The van der Waals surface area contributed by atoms with Crippen molar-refractivity contribution < 1.29 is 14.3 Å². The topological polar surface area (TPSA) is 51.5 Å². The molecule has 5 heteroatoms. The zero-order chi connectivity index (χ0) is 19.3. The molecule has 0 bridgehead atoms. The van der Waals surface area contributed by atoms with E-state index in [1.165, 1.54) is 0 Å². The summed E-state index contributed by atoms with van der Waals surface area (Å²) in [6.45, 7) is 10.4. The molecular formula is C21H26N2O3. The summed E-state index contributed by atoms with van der Waals surface area (Å²) >= 11 is 0. The lowest BCUT2D eigenvalue weighted by atomic mass is 10.1. The maximum absolute atomic E-state index is 13.1. The highest BCUT2D eigenvalue weighted by molar-refractivity contribution is 6.01. The first kappa shape index (κ1) is 19.5. The summed E-state index contributed by atoms with van der Waals surface area (Å²) in [5, 5.41) is 0. The largest absolute Gasteiger partial charge is 0.461 e. The van der Waals surface area contributed by atoms with Crippen molar-refractivity contribution in [2.75, 3.05) is 13.7 Å². The van der Waals surface area contributed by atoms with E-state index in [0.29, 0.717) is 29.9 Å². The van der Waals surface area contributed by atoms with Crippen molar-refractivity contribution in [2.45, 2.75) is 33.9 Å². The van der Waals surface area contributed by atoms with Crippen molar-refractivity contribution in [1.82, 2.24) is 9.47 Å². The van der Waals surface area contributed by atoms with Gasteiger partial charge in [0.25, 0.3) is 5.91 Å². The molecule has 26 heavy (non-hydrogen) atoms. The van der Waals surface area contributed by atoms with Gasteiger partial charge >= 0.3 is 5.97 Å². The minimum absolute atomic E-state index is 0.114. The smallest absolute Gasteiger partial charge is 0.355 e. The summed E-state index contributed by atoms with van der Waals surface area (Å²) in [5.41, 5.74) is 3.41. The van der Waals surface area contributed by atoms with Gasteiger partial charge in [-0.25, -0.2) is 4.79 Å². The van der Waals surface area contributed by atoms with Crippen LogP contribution in [0.5, 0.6) is 0 Å². The van der Waals surface area contributed by atoms with Gasteiger partial charge < -0.3 is 14.2 Å². The predicted molar refractivity (Wildman–Crippen MR) is 102 cm³/mol. The number of amides is 1. The molecular weight excluding hydrogens is 328 g/mol. The number of nitrogens with zero attached hydrogens (tertiary/aromatic N) is 2. The number of rotatable bonds is 7.